The third kappa shape index (κ3) is 1.28. The largest absolute Gasteiger partial charge is 0.479 e. The molecule has 2 unspecified atom stereocenters. The van der Waals surface area contributed by atoms with Gasteiger partial charge in [-0.25, -0.2) is 4.79 Å². The van der Waals surface area contributed by atoms with E-state index in [1.807, 2.05) is 12.2 Å². The summed E-state index contributed by atoms with van der Waals surface area (Å²) in [5.41, 5.74) is 1.02. The summed E-state index contributed by atoms with van der Waals surface area (Å²) in [7, 11) is 0. The van der Waals surface area contributed by atoms with Gasteiger partial charge in [0, 0.05) is 0 Å². The van der Waals surface area contributed by atoms with Gasteiger partial charge in [0.2, 0.25) is 0 Å². The van der Waals surface area contributed by atoms with Gasteiger partial charge in [-0.1, -0.05) is 18.2 Å². The summed E-state index contributed by atoms with van der Waals surface area (Å²) in [4.78, 5) is 10.4. The molecule has 3 nitrogen and oxygen atoms in total. The third-order valence-corrected chi connectivity index (χ3v) is 2.09. The number of rotatable bonds is 2. The van der Waals surface area contributed by atoms with Gasteiger partial charge in [-0.05, 0) is 18.4 Å². The molecule has 0 aromatic carbocycles. The summed E-state index contributed by atoms with van der Waals surface area (Å²) < 4.78 is 5.00. The Bertz CT molecular complexity index is 265. The van der Waals surface area contributed by atoms with E-state index in [0.717, 1.165) is 18.4 Å². The summed E-state index contributed by atoms with van der Waals surface area (Å²) >= 11 is 0. The van der Waals surface area contributed by atoms with Crippen LogP contribution in [0.4, 0.5) is 0 Å². The maximum atomic E-state index is 10.4. The molecule has 0 spiro atoms. The Hall–Kier alpha value is -1.09. The van der Waals surface area contributed by atoms with E-state index in [4.69, 9.17) is 9.84 Å². The highest BCUT2D eigenvalue weighted by Gasteiger charge is 2.46. The van der Waals surface area contributed by atoms with E-state index in [1.165, 1.54) is 0 Å². The van der Waals surface area contributed by atoms with Crippen molar-refractivity contribution in [1.29, 1.82) is 0 Å². The molecular weight excluding hydrogens is 156 g/mol. The Morgan fingerprint density at radius 3 is 2.92 bits per heavy atom. The first-order valence-electron chi connectivity index (χ1n) is 4.04. The van der Waals surface area contributed by atoms with Crippen LogP contribution < -0.4 is 0 Å². The lowest BCUT2D eigenvalue weighted by molar-refractivity contribution is -0.138. The average Bonchev–Trinajstić information content (AvgIpc) is 2.84. The molecule has 2 atom stereocenters. The Morgan fingerprint density at radius 1 is 1.58 bits per heavy atom. The predicted molar refractivity (Wildman–Crippen MR) is 42.8 cm³/mol. The Labute approximate surface area is 70.3 Å². The zero-order valence-corrected chi connectivity index (χ0v) is 6.56. The third-order valence-electron chi connectivity index (χ3n) is 2.09. The lowest BCUT2D eigenvalue weighted by Gasteiger charge is -2.01. The highest BCUT2D eigenvalue weighted by atomic mass is 16.6. The standard InChI is InChI=1S/C9H10O3/c10-9(11)8-7(12-8)6-4-2-1-3-5-6/h2,4-5,7-8H,1,3H2,(H,10,11). The van der Waals surface area contributed by atoms with Crippen molar-refractivity contribution in [3.05, 3.63) is 23.8 Å². The van der Waals surface area contributed by atoms with Crippen molar-refractivity contribution in [2.24, 2.45) is 0 Å². The molecule has 1 aliphatic heterocycles. The minimum atomic E-state index is -0.861. The summed E-state index contributed by atoms with van der Waals surface area (Å²) in [5.74, 6) is -0.861. The monoisotopic (exact) mass is 166 g/mol. The number of hydrogen-bond donors (Lipinski definition) is 1. The Morgan fingerprint density at radius 2 is 2.42 bits per heavy atom. The van der Waals surface area contributed by atoms with Crippen LogP contribution >= 0.6 is 0 Å². The van der Waals surface area contributed by atoms with Crippen molar-refractivity contribution < 1.29 is 14.6 Å². The zero-order chi connectivity index (χ0) is 8.55. The van der Waals surface area contributed by atoms with Crippen molar-refractivity contribution in [2.45, 2.75) is 25.0 Å². The summed E-state index contributed by atoms with van der Waals surface area (Å²) in [6.45, 7) is 0. The van der Waals surface area contributed by atoms with E-state index in [1.54, 1.807) is 0 Å². The molecule has 1 heterocycles. The van der Waals surface area contributed by atoms with Crippen LogP contribution in [0.25, 0.3) is 0 Å². The fourth-order valence-electron chi connectivity index (χ4n) is 1.40. The summed E-state index contributed by atoms with van der Waals surface area (Å²) in [5, 5.41) is 8.58. The number of carboxylic acid groups (broad SMARTS) is 1. The normalized spacial score (nSPS) is 32.8. The van der Waals surface area contributed by atoms with E-state index in [9.17, 15) is 4.79 Å². The molecule has 1 fully saturated rings. The molecule has 0 saturated carbocycles. The molecule has 12 heavy (non-hydrogen) atoms. The van der Waals surface area contributed by atoms with E-state index in [-0.39, 0.29) is 6.10 Å². The first-order valence-corrected chi connectivity index (χ1v) is 4.04. The molecule has 0 aromatic heterocycles. The van der Waals surface area contributed by atoms with Gasteiger partial charge in [0.15, 0.2) is 6.10 Å². The quantitative estimate of drug-likeness (QED) is 0.625. The number of hydrogen-bond acceptors (Lipinski definition) is 2. The smallest absolute Gasteiger partial charge is 0.335 e. The first kappa shape index (κ1) is 7.55. The fourth-order valence-corrected chi connectivity index (χ4v) is 1.40. The second-order valence-electron chi connectivity index (χ2n) is 3.00. The van der Waals surface area contributed by atoms with Crippen molar-refractivity contribution in [1.82, 2.24) is 0 Å². The lowest BCUT2D eigenvalue weighted by Crippen LogP contribution is -2.09. The molecule has 0 aromatic rings. The molecule has 1 saturated heterocycles. The van der Waals surface area contributed by atoms with Crippen molar-refractivity contribution in [2.75, 3.05) is 0 Å². The van der Waals surface area contributed by atoms with Gasteiger partial charge in [0.1, 0.15) is 6.10 Å². The minimum Gasteiger partial charge on any atom is -0.479 e. The molecule has 0 bridgehead atoms. The average molecular weight is 166 g/mol. The van der Waals surface area contributed by atoms with Crippen LogP contribution in [0.2, 0.25) is 0 Å². The molecule has 1 N–H and O–H groups in total. The van der Waals surface area contributed by atoms with Gasteiger partial charge < -0.3 is 9.84 Å². The first-order chi connectivity index (χ1) is 5.79. The number of carbonyl (C=O) groups is 1. The Balaban J connectivity index is 2.00. The van der Waals surface area contributed by atoms with Gasteiger partial charge in [-0.2, -0.15) is 0 Å². The molecule has 1 aliphatic carbocycles. The number of epoxide rings is 1. The lowest BCUT2D eigenvalue weighted by atomic mass is 10.0. The van der Waals surface area contributed by atoms with Crippen molar-refractivity contribution in [3.63, 3.8) is 0 Å². The maximum Gasteiger partial charge on any atom is 0.335 e. The second kappa shape index (κ2) is 2.75. The number of carboxylic acids is 1. The summed E-state index contributed by atoms with van der Waals surface area (Å²) in [6.07, 6.45) is 7.32. The van der Waals surface area contributed by atoms with Crippen molar-refractivity contribution in [3.8, 4) is 0 Å². The van der Waals surface area contributed by atoms with Crippen LogP contribution in [-0.4, -0.2) is 23.3 Å². The van der Waals surface area contributed by atoms with Crippen LogP contribution in [-0.2, 0) is 9.53 Å². The predicted octanol–water partition coefficient (Wildman–Crippen LogP) is 1.11. The van der Waals surface area contributed by atoms with E-state index < -0.39 is 12.1 Å². The number of ether oxygens (including phenoxy) is 1. The number of aliphatic carboxylic acids is 1. The molecule has 2 aliphatic rings. The maximum absolute atomic E-state index is 10.4. The molecule has 2 rings (SSSR count). The molecule has 0 amide bonds. The van der Waals surface area contributed by atoms with Crippen LogP contribution in [0.1, 0.15) is 12.8 Å². The highest BCUT2D eigenvalue weighted by Crippen LogP contribution is 2.31. The van der Waals surface area contributed by atoms with E-state index in [2.05, 4.69) is 6.08 Å². The topological polar surface area (TPSA) is 49.8 Å². The van der Waals surface area contributed by atoms with E-state index in [0.29, 0.717) is 0 Å². The molecular formula is C9H10O3. The zero-order valence-electron chi connectivity index (χ0n) is 6.56. The highest BCUT2D eigenvalue weighted by molar-refractivity contribution is 5.77. The van der Waals surface area contributed by atoms with Crippen molar-refractivity contribution >= 4 is 5.97 Å². The summed E-state index contributed by atoms with van der Waals surface area (Å²) in [6, 6.07) is 0. The van der Waals surface area contributed by atoms with Gasteiger partial charge in [-0.15, -0.1) is 0 Å². The van der Waals surface area contributed by atoms with Gasteiger partial charge >= 0.3 is 5.97 Å². The fraction of sp³-hybridized carbons (Fsp3) is 0.444. The van der Waals surface area contributed by atoms with Crippen LogP contribution in [0, 0.1) is 0 Å². The number of allylic oxidation sites excluding steroid dienone is 2. The molecule has 3 heteroatoms. The minimum absolute atomic E-state index is 0.181. The van der Waals surface area contributed by atoms with E-state index >= 15 is 0 Å². The SMILES string of the molecule is O=C(O)C1OC1C1=CCCC=C1. The molecule has 64 valence electrons. The van der Waals surface area contributed by atoms with Gasteiger partial charge in [0.05, 0.1) is 0 Å². The molecule has 0 radical (unpaired) electrons. The van der Waals surface area contributed by atoms with Gasteiger partial charge in [-0.3, -0.25) is 0 Å². The second-order valence-corrected chi connectivity index (χ2v) is 3.00. The Kier molecular flexibility index (Phi) is 1.73. The van der Waals surface area contributed by atoms with Crippen LogP contribution in [0.5, 0.6) is 0 Å². The van der Waals surface area contributed by atoms with Gasteiger partial charge in [0.25, 0.3) is 0 Å². The van der Waals surface area contributed by atoms with Crippen LogP contribution in [0.3, 0.4) is 0 Å². The van der Waals surface area contributed by atoms with Crippen LogP contribution in [0.15, 0.2) is 23.8 Å².